The average molecular weight is 329 g/mol. The first-order valence-electron chi connectivity index (χ1n) is 8.28. The molecule has 0 amide bonds. The molecule has 4 rings (SSSR count). The van der Waals surface area contributed by atoms with Gasteiger partial charge in [-0.25, -0.2) is 0 Å². The molecule has 0 aliphatic carbocycles. The zero-order valence-electron chi connectivity index (χ0n) is 13.4. The Bertz CT molecular complexity index is 842. The normalized spacial score (nSPS) is 16.8. The minimum Gasteiger partial charge on any atom is -0.357 e. The van der Waals surface area contributed by atoms with E-state index in [0.29, 0.717) is 0 Å². The van der Waals surface area contributed by atoms with Gasteiger partial charge in [0.25, 0.3) is 0 Å². The molecule has 0 radical (unpaired) electrons. The van der Waals surface area contributed by atoms with Gasteiger partial charge in [-0.1, -0.05) is 97.1 Å². The van der Waals surface area contributed by atoms with Crippen LogP contribution >= 0.6 is 12.2 Å². The summed E-state index contributed by atoms with van der Waals surface area (Å²) in [5.41, 5.74) is 5.28. The lowest BCUT2D eigenvalue weighted by molar-refractivity contribution is 0.390. The van der Waals surface area contributed by atoms with Crippen molar-refractivity contribution in [2.24, 2.45) is 0 Å². The lowest BCUT2D eigenvalue weighted by atomic mass is 9.84. The highest BCUT2D eigenvalue weighted by atomic mass is 32.1. The summed E-state index contributed by atoms with van der Waals surface area (Å²) in [5, 5.41) is 0. The van der Waals surface area contributed by atoms with Crippen molar-refractivity contribution in [3.8, 4) is 0 Å². The molecule has 0 N–H and O–H groups in total. The van der Waals surface area contributed by atoms with Crippen LogP contribution in [0.5, 0.6) is 0 Å². The second kappa shape index (κ2) is 6.58. The Hall–Kier alpha value is -2.45. The lowest BCUT2D eigenvalue weighted by Gasteiger charge is -2.37. The molecule has 3 aromatic carbocycles. The van der Waals surface area contributed by atoms with Crippen molar-refractivity contribution in [2.75, 3.05) is 0 Å². The summed E-state index contributed by atoms with van der Waals surface area (Å²) in [5.74, 6) is 0.162. The molecule has 2 heteroatoms. The minimum absolute atomic E-state index is 0.162. The van der Waals surface area contributed by atoms with Crippen LogP contribution in [0, 0.1) is 0 Å². The monoisotopic (exact) mass is 329 g/mol. The van der Waals surface area contributed by atoms with E-state index in [1.54, 1.807) is 0 Å². The molecule has 0 saturated carbocycles. The quantitative estimate of drug-likeness (QED) is 0.611. The van der Waals surface area contributed by atoms with Crippen LogP contribution in [-0.2, 0) is 13.1 Å². The fraction of sp³-hybridized carbons (Fsp3) is 0.136. The van der Waals surface area contributed by atoms with E-state index in [2.05, 4.69) is 89.8 Å². The zero-order chi connectivity index (χ0) is 16.4. The molecule has 1 heterocycles. The third-order valence-corrected chi connectivity index (χ3v) is 5.13. The van der Waals surface area contributed by atoms with E-state index < -0.39 is 0 Å². The van der Waals surface area contributed by atoms with E-state index in [1.807, 2.05) is 0 Å². The van der Waals surface area contributed by atoms with Gasteiger partial charge < -0.3 is 4.90 Å². The number of fused-ring (bicyclic) bond motifs is 1. The van der Waals surface area contributed by atoms with Crippen LogP contribution in [0.15, 0.2) is 84.9 Å². The number of thiocarbonyl (C=S) groups is 1. The maximum Gasteiger partial charge on any atom is 0.0906 e. The molecule has 1 aliphatic heterocycles. The largest absolute Gasteiger partial charge is 0.357 e. The van der Waals surface area contributed by atoms with Gasteiger partial charge in [0.2, 0.25) is 0 Å². The molecule has 0 unspecified atom stereocenters. The fourth-order valence-corrected chi connectivity index (χ4v) is 3.86. The maximum atomic E-state index is 5.93. The highest BCUT2D eigenvalue weighted by Crippen LogP contribution is 2.35. The third-order valence-electron chi connectivity index (χ3n) is 4.64. The topological polar surface area (TPSA) is 3.24 Å². The average Bonchev–Trinajstić information content (AvgIpc) is 2.64. The van der Waals surface area contributed by atoms with Gasteiger partial charge in [-0.3, -0.25) is 0 Å². The van der Waals surface area contributed by atoms with Crippen molar-refractivity contribution in [2.45, 2.75) is 19.0 Å². The van der Waals surface area contributed by atoms with Gasteiger partial charge in [-0.15, -0.1) is 0 Å². The standard InChI is InChI=1S/C22H19NS/c24-22-21(18-11-5-2-6-12-18)20-14-8-7-13-19(20)16-23(22)15-17-9-3-1-4-10-17/h1-14,21H,15-16H2/t21-/m1/s1. The predicted molar refractivity (Wildman–Crippen MR) is 103 cm³/mol. The summed E-state index contributed by atoms with van der Waals surface area (Å²) in [6.45, 7) is 1.74. The Labute approximate surface area is 148 Å². The molecule has 3 aromatic rings. The van der Waals surface area contributed by atoms with E-state index in [0.717, 1.165) is 18.1 Å². The lowest BCUT2D eigenvalue weighted by Crippen LogP contribution is -2.38. The van der Waals surface area contributed by atoms with Gasteiger partial charge in [0.05, 0.1) is 10.9 Å². The number of nitrogens with zero attached hydrogens (tertiary/aromatic N) is 1. The van der Waals surface area contributed by atoms with Gasteiger partial charge in [0, 0.05) is 13.1 Å². The van der Waals surface area contributed by atoms with Crippen molar-refractivity contribution >= 4 is 17.2 Å². The van der Waals surface area contributed by atoms with Gasteiger partial charge in [-0.05, 0) is 22.3 Å². The molecule has 0 bridgehead atoms. The van der Waals surface area contributed by atoms with Crippen LogP contribution in [0.4, 0.5) is 0 Å². The van der Waals surface area contributed by atoms with Crippen LogP contribution < -0.4 is 0 Å². The number of benzene rings is 3. The zero-order valence-corrected chi connectivity index (χ0v) is 14.2. The Morgan fingerprint density at radius 2 is 1.42 bits per heavy atom. The number of hydrogen-bond donors (Lipinski definition) is 0. The number of rotatable bonds is 3. The molecule has 0 saturated heterocycles. The molecule has 1 atom stereocenters. The molecule has 1 nitrogen and oxygen atoms in total. The van der Waals surface area contributed by atoms with Gasteiger partial charge >= 0.3 is 0 Å². The number of hydrogen-bond acceptors (Lipinski definition) is 1. The highest BCUT2D eigenvalue weighted by Gasteiger charge is 2.30. The van der Waals surface area contributed by atoms with E-state index in [1.165, 1.54) is 22.3 Å². The summed E-state index contributed by atoms with van der Waals surface area (Å²) >= 11 is 5.93. The second-order valence-corrected chi connectivity index (χ2v) is 6.64. The molecular formula is C22H19NS. The Kier molecular flexibility index (Phi) is 4.14. The third kappa shape index (κ3) is 2.85. The summed E-state index contributed by atoms with van der Waals surface area (Å²) in [6.07, 6.45) is 0. The van der Waals surface area contributed by atoms with Gasteiger partial charge in [0.15, 0.2) is 0 Å². The van der Waals surface area contributed by atoms with E-state index in [4.69, 9.17) is 12.2 Å². The van der Waals surface area contributed by atoms with Crippen LogP contribution in [-0.4, -0.2) is 9.89 Å². The maximum absolute atomic E-state index is 5.93. The van der Waals surface area contributed by atoms with E-state index in [9.17, 15) is 0 Å². The van der Waals surface area contributed by atoms with E-state index >= 15 is 0 Å². The highest BCUT2D eigenvalue weighted by molar-refractivity contribution is 7.80. The van der Waals surface area contributed by atoms with E-state index in [-0.39, 0.29) is 5.92 Å². The first-order valence-corrected chi connectivity index (χ1v) is 8.69. The van der Waals surface area contributed by atoms with Crippen LogP contribution in [0.2, 0.25) is 0 Å². The molecular weight excluding hydrogens is 310 g/mol. The molecule has 1 aliphatic rings. The van der Waals surface area contributed by atoms with Crippen molar-refractivity contribution in [3.05, 3.63) is 107 Å². The predicted octanol–water partition coefficient (Wildman–Crippen LogP) is 5.16. The van der Waals surface area contributed by atoms with Crippen molar-refractivity contribution in [3.63, 3.8) is 0 Å². The van der Waals surface area contributed by atoms with Crippen molar-refractivity contribution in [1.29, 1.82) is 0 Å². The first-order chi connectivity index (χ1) is 11.8. The smallest absolute Gasteiger partial charge is 0.0906 e. The Balaban J connectivity index is 1.74. The van der Waals surface area contributed by atoms with Gasteiger partial charge in [-0.2, -0.15) is 0 Å². The Morgan fingerprint density at radius 3 is 2.17 bits per heavy atom. The molecule has 24 heavy (non-hydrogen) atoms. The van der Waals surface area contributed by atoms with Gasteiger partial charge in [0.1, 0.15) is 0 Å². The Morgan fingerprint density at radius 1 is 0.792 bits per heavy atom. The summed E-state index contributed by atoms with van der Waals surface area (Å²) in [6, 6.07) is 29.9. The molecule has 0 aromatic heterocycles. The second-order valence-electron chi connectivity index (χ2n) is 6.22. The fourth-order valence-electron chi connectivity index (χ4n) is 3.46. The van der Waals surface area contributed by atoms with Crippen molar-refractivity contribution < 1.29 is 0 Å². The molecule has 0 fully saturated rings. The van der Waals surface area contributed by atoms with Crippen LogP contribution in [0.3, 0.4) is 0 Å². The SMILES string of the molecule is S=C1[C@H](c2ccccc2)c2ccccc2CN1Cc1ccccc1. The minimum atomic E-state index is 0.162. The summed E-state index contributed by atoms with van der Waals surface area (Å²) < 4.78 is 0. The summed E-state index contributed by atoms with van der Waals surface area (Å²) in [4.78, 5) is 3.36. The molecule has 118 valence electrons. The van der Waals surface area contributed by atoms with Crippen LogP contribution in [0.25, 0.3) is 0 Å². The first kappa shape index (κ1) is 15.1. The van der Waals surface area contributed by atoms with Crippen LogP contribution in [0.1, 0.15) is 28.2 Å². The summed E-state index contributed by atoms with van der Waals surface area (Å²) in [7, 11) is 0. The molecule has 0 spiro atoms. The van der Waals surface area contributed by atoms with Crippen molar-refractivity contribution in [1.82, 2.24) is 4.90 Å².